The van der Waals surface area contributed by atoms with Crippen molar-refractivity contribution in [2.75, 3.05) is 0 Å². The van der Waals surface area contributed by atoms with Gasteiger partial charge in [-0.25, -0.2) is 0 Å². The smallest absolute Gasteiger partial charge is 0.188 e. The average Bonchev–Trinajstić information content (AvgIpc) is 2.56. The van der Waals surface area contributed by atoms with Gasteiger partial charge in [0.15, 0.2) is 5.78 Å². The second kappa shape index (κ2) is 7.68. The van der Waals surface area contributed by atoms with Gasteiger partial charge >= 0.3 is 0 Å². The van der Waals surface area contributed by atoms with Crippen LogP contribution in [0.25, 0.3) is 0 Å². The molecule has 2 rings (SSSR count). The van der Waals surface area contributed by atoms with Crippen molar-refractivity contribution in [3.8, 4) is 0 Å². The van der Waals surface area contributed by atoms with Crippen LogP contribution in [0.5, 0.6) is 0 Å². The summed E-state index contributed by atoms with van der Waals surface area (Å²) in [4.78, 5) is 12.6. The highest BCUT2D eigenvalue weighted by Crippen LogP contribution is 2.24. The van der Waals surface area contributed by atoms with Gasteiger partial charge in [0.2, 0.25) is 0 Å². The maximum Gasteiger partial charge on any atom is 0.188 e. The highest BCUT2D eigenvalue weighted by Gasteiger charge is 2.32. The van der Waals surface area contributed by atoms with Gasteiger partial charge in [0.05, 0.1) is 12.2 Å². The lowest BCUT2D eigenvalue weighted by Gasteiger charge is -2.34. The maximum atomic E-state index is 12.6. The molecular weight excluding hydrogens is 276 g/mol. The molecule has 1 aromatic rings. The molecule has 0 amide bonds. The van der Waals surface area contributed by atoms with Crippen molar-refractivity contribution in [2.24, 2.45) is 11.5 Å². The van der Waals surface area contributed by atoms with E-state index in [4.69, 9.17) is 16.2 Å². The van der Waals surface area contributed by atoms with E-state index in [0.717, 1.165) is 12.8 Å². The van der Waals surface area contributed by atoms with Gasteiger partial charge in [-0.2, -0.15) is 0 Å². The van der Waals surface area contributed by atoms with Crippen LogP contribution in [-0.4, -0.2) is 30.1 Å². The molecule has 0 aliphatic heterocycles. The molecule has 0 fully saturated rings. The minimum Gasteiger partial charge on any atom is -0.369 e. The fourth-order valence-electron chi connectivity index (χ4n) is 2.79. The first-order chi connectivity index (χ1) is 10.6. The van der Waals surface area contributed by atoms with E-state index in [2.05, 4.69) is 13.8 Å². The molecule has 0 saturated carbocycles. The standard InChI is InChI=1S/C18H26N2O2/c1-3-14(4-2)22-16-11-13(10-15(19)17(16)20)18(21)12-8-6-5-7-9-12/h5-9,11,14-17H,3-4,10,19-20H2,1-2H3/t15-,16+,17+/m0/s1. The summed E-state index contributed by atoms with van der Waals surface area (Å²) in [6, 6.07) is 8.73. The van der Waals surface area contributed by atoms with Crippen LogP contribution in [0.3, 0.4) is 0 Å². The molecule has 0 bridgehead atoms. The number of rotatable bonds is 6. The van der Waals surface area contributed by atoms with Crippen LogP contribution in [0.15, 0.2) is 42.0 Å². The van der Waals surface area contributed by atoms with Crippen LogP contribution >= 0.6 is 0 Å². The summed E-state index contributed by atoms with van der Waals surface area (Å²) in [5, 5.41) is 0. The predicted molar refractivity (Wildman–Crippen MR) is 88.7 cm³/mol. The number of benzene rings is 1. The SMILES string of the molecule is CCC(CC)O[C@@H]1C=C(C(=O)c2ccccc2)C[C@H](N)[C@H]1N. The largest absolute Gasteiger partial charge is 0.369 e. The number of ketones is 1. The van der Waals surface area contributed by atoms with Crippen LogP contribution in [0.1, 0.15) is 43.5 Å². The molecule has 1 aromatic carbocycles. The first kappa shape index (κ1) is 16.9. The van der Waals surface area contributed by atoms with Gasteiger partial charge in [-0.3, -0.25) is 4.79 Å². The number of ether oxygens (including phenoxy) is 1. The molecule has 3 atom stereocenters. The molecule has 0 unspecified atom stereocenters. The van der Waals surface area contributed by atoms with Crippen LogP contribution in [0.4, 0.5) is 0 Å². The van der Waals surface area contributed by atoms with Crippen molar-refractivity contribution < 1.29 is 9.53 Å². The summed E-state index contributed by atoms with van der Waals surface area (Å²) in [7, 11) is 0. The maximum absolute atomic E-state index is 12.6. The molecule has 4 heteroatoms. The summed E-state index contributed by atoms with van der Waals surface area (Å²) in [6.07, 6.45) is 4.07. The molecule has 0 heterocycles. The van der Waals surface area contributed by atoms with Crippen molar-refractivity contribution in [2.45, 2.75) is 57.4 Å². The monoisotopic (exact) mass is 302 g/mol. The summed E-state index contributed by atoms with van der Waals surface area (Å²) >= 11 is 0. The Labute approximate surface area is 132 Å². The highest BCUT2D eigenvalue weighted by molar-refractivity contribution is 6.08. The zero-order chi connectivity index (χ0) is 16.1. The molecule has 1 aliphatic rings. The van der Waals surface area contributed by atoms with E-state index >= 15 is 0 Å². The molecule has 22 heavy (non-hydrogen) atoms. The second-order valence-electron chi connectivity index (χ2n) is 5.87. The molecule has 120 valence electrons. The summed E-state index contributed by atoms with van der Waals surface area (Å²) in [5.41, 5.74) is 13.7. The van der Waals surface area contributed by atoms with Crippen molar-refractivity contribution in [3.05, 3.63) is 47.5 Å². The predicted octanol–water partition coefficient (Wildman–Crippen LogP) is 2.43. The Morgan fingerprint density at radius 3 is 2.45 bits per heavy atom. The van der Waals surface area contributed by atoms with Crippen LogP contribution in [0.2, 0.25) is 0 Å². The van der Waals surface area contributed by atoms with E-state index in [1.165, 1.54) is 0 Å². The Hall–Kier alpha value is -1.49. The Morgan fingerprint density at radius 1 is 1.23 bits per heavy atom. The van der Waals surface area contributed by atoms with Crippen LogP contribution < -0.4 is 11.5 Å². The van der Waals surface area contributed by atoms with E-state index < -0.39 is 0 Å². The fraction of sp³-hybridized carbons (Fsp3) is 0.500. The van der Waals surface area contributed by atoms with E-state index in [1.807, 2.05) is 36.4 Å². The van der Waals surface area contributed by atoms with Crippen molar-refractivity contribution in [1.29, 1.82) is 0 Å². The molecule has 4 N–H and O–H groups in total. The Kier molecular flexibility index (Phi) is 5.89. The van der Waals surface area contributed by atoms with Crippen LogP contribution in [-0.2, 0) is 4.74 Å². The number of nitrogens with two attached hydrogens (primary N) is 2. The normalized spacial score (nSPS) is 25.1. The molecule has 0 aromatic heterocycles. The topological polar surface area (TPSA) is 78.3 Å². The Morgan fingerprint density at radius 2 is 1.86 bits per heavy atom. The Bertz CT molecular complexity index is 523. The molecule has 0 saturated heterocycles. The van der Waals surface area contributed by atoms with Gasteiger partial charge in [-0.1, -0.05) is 44.2 Å². The second-order valence-corrected chi connectivity index (χ2v) is 5.87. The molecule has 0 spiro atoms. The van der Waals surface area contributed by atoms with Gasteiger partial charge < -0.3 is 16.2 Å². The number of Topliss-reactive ketones (excluding diaryl/α,β-unsaturated/α-hetero) is 1. The van der Waals surface area contributed by atoms with Gasteiger partial charge in [-0.15, -0.1) is 0 Å². The highest BCUT2D eigenvalue weighted by atomic mass is 16.5. The third-order valence-electron chi connectivity index (χ3n) is 4.28. The molecule has 0 radical (unpaired) electrons. The van der Waals surface area contributed by atoms with Gasteiger partial charge in [0.1, 0.15) is 0 Å². The summed E-state index contributed by atoms with van der Waals surface area (Å²) < 4.78 is 6.06. The number of carbonyl (C=O) groups excluding carboxylic acids is 1. The lowest BCUT2D eigenvalue weighted by molar-refractivity contribution is -0.00986. The van der Waals surface area contributed by atoms with E-state index in [9.17, 15) is 4.79 Å². The van der Waals surface area contributed by atoms with Crippen molar-refractivity contribution in [3.63, 3.8) is 0 Å². The summed E-state index contributed by atoms with van der Waals surface area (Å²) in [6.45, 7) is 4.17. The lowest BCUT2D eigenvalue weighted by Crippen LogP contribution is -2.53. The van der Waals surface area contributed by atoms with Gasteiger partial charge in [-0.05, 0) is 25.3 Å². The fourth-order valence-corrected chi connectivity index (χ4v) is 2.79. The number of hydrogen-bond donors (Lipinski definition) is 2. The van der Waals surface area contributed by atoms with Crippen molar-refractivity contribution in [1.82, 2.24) is 0 Å². The zero-order valence-corrected chi connectivity index (χ0v) is 13.4. The van der Waals surface area contributed by atoms with Crippen molar-refractivity contribution >= 4 is 5.78 Å². The zero-order valence-electron chi connectivity index (χ0n) is 13.4. The first-order valence-electron chi connectivity index (χ1n) is 8.03. The third-order valence-corrected chi connectivity index (χ3v) is 4.28. The molecular formula is C18H26N2O2. The minimum absolute atomic E-state index is 0.0149. The van der Waals surface area contributed by atoms with Gasteiger partial charge in [0.25, 0.3) is 0 Å². The Balaban J connectivity index is 2.21. The number of hydrogen-bond acceptors (Lipinski definition) is 4. The quantitative estimate of drug-likeness (QED) is 0.791. The molecule has 4 nitrogen and oxygen atoms in total. The average molecular weight is 302 g/mol. The van der Waals surface area contributed by atoms with Gasteiger partial charge in [0, 0.05) is 23.2 Å². The van der Waals surface area contributed by atoms with E-state index in [1.54, 1.807) is 0 Å². The van der Waals surface area contributed by atoms with E-state index in [-0.39, 0.29) is 30.1 Å². The lowest BCUT2D eigenvalue weighted by atomic mass is 9.85. The van der Waals surface area contributed by atoms with Crippen LogP contribution in [0, 0.1) is 0 Å². The van der Waals surface area contributed by atoms with E-state index in [0.29, 0.717) is 17.6 Å². The summed E-state index contributed by atoms with van der Waals surface area (Å²) in [5.74, 6) is 0.0149. The third kappa shape index (κ3) is 3.83. The molecule has 1 aliphatic carbocycles. The first-order valence-corrected chi connectivity index (χ1v) is 8.03. The number of carbonyl (C=O) groups is 1. The minimum atomic E-state index is -0.295.